The van der Waals surface area contributed by atoms with Crippen LogP contribution in [0.4, 0.5) is 0 Å². The quantitative estimate of drug-likeness (QED) is 0.646. The summed E-state index contributed by atoms with van der Waals surface area (Å²) in [6, 6.07) is 11.6. The molecule has 2 aliphatic rings. The van der Waals surface area contributed by atoms with E-state index in [0.29, 0.717) is 31.1 Å². The van der Waals surface area contributed by atoms with Crippen LogP contribution in [0.15, 0.2) is 41.5 Å². The summed E-state index contributed by atoms with van der Waals surface area (Å²) < 4.78 is 16.1. The van der Waals surface area contributed by atoms with E-state index < -0.39 is 0 Å². The summed E-state index contributed by atoms with van der Waals surface area (Å²) in [7, 11) is 1.57. The first-order valence-electron chi connectivity index (χ1n) is 11.0. The first kappa shape index (κ1) is 22.8. The molecule has 0 saturated heterocycles. The van der Waals surface area contributed by atoms with Crippen LogP contribution < -0.4 is 9.47 Å². The summed E-state index contributed by atoms with van der Waals surface area (Å²) in [5.41, 5.74) is 5.10. The van der Waals surface area contributed by atoms with Crippen LogP contribution in [0.1, 0.15) is 41.6 Å². The second kappa shape index (κ2) is 9.62. The molecule has 0 aliphatic carbocycles. The maximum Gasteiger partial charge on any atom is 0.262 e. The van der Waals surface area contributed by atoms with Crippen LogP contribution in [0, 0.1) is 13.8 Å². The SMILES string of the molecule is COCCN(CC(=O)N1N=C(c2ccc(C)c(C)c2)CC1c1ccc2c(c1)OCO2)C(C)=O. The number of hydrogen-bond acceptors (Lipinski definition) is 6. The standard InChI is InChI=1S/C25H29N3O5/c1-16-5-6-19(11-17(16)2)21-13-22(20-7-8-23-24(12-20)33-15-32-23)28(26-21)25(30)14-27(18(3)29)9-10-31-4/h5-8,11-12,22H,9-10,13-15H2,1-4H3. The van der Waals surface area contributed by atoms with E-state index >= 15 is 0 Å². The van der Waals surface area contributed by atoms with Crippen LogP contribution >= 0.6 is 0 Å². The summed E-state index contributed by atoms with van der Waals surface area (Å²) in [6.07, 6.45) is 0.562. The Kier molecular flexibility index (Phi) is 6.65. The third-order valence-electron chi connectivity index (χ3n) is 6.12. The van der Waals surface area contributed by atoms with Gasteiger partial charge in [-0.15, -0.1) is 0 Å². The number of fused-ring (bicyclic) bond motifs is 1. The van der Waals surface area contributed by atoms with Gasteiger partial charge in [0.25, 0.3) is 5.91 Å². The topological polar surface area (TPSA) is 80.7 Å². The monoisotopic (exact) mass is 451 g/mol. The molecule has 1 atom stereocenters. The maximum absolute atomic E-state index is 13.4. The molecular formula is C25H29N3O5. The van der Waals surface area contributed by atoms with Crippen LogP contribution in [-0.4, -0.2) is 61.0 Å². The predicted octanol–water partition coefficient (Wildman–Crippen LogP) is 3.20. The van der Waals surface area contributed by atoms with Crippen molar-refractivity contribution in [3.8, 4) is 11.5 Å². The molecule has 0 N–H and O–H groups in total. The first-order valence-corrected chi connectivity index (χ1v) is 11.0. The maximum atomic E-state index is 13.4. The number of nitrogens with zero attached hydrogens (tertiary/aromatic N) is 3. The Morgan fingerprint density at radius 2 is 1.91 bits per heavy atom. The minimum atomic E-state index is -0.306. The highest BCUT2D eigenvalue weighted by molar-refractivity contribution is 6.03. The molecule has 33 heavy (non-hydrogen) atoms. The zero-order valence-electron chi connectivity index (χ0n) is 19.5. The molecule has 4 rings (SSSR count). The number of carbonyl (C=O) groups excluding carboxylic acids is 2. The van der Waals surface area contributed by atoms with Crippen molar-refractivity contribution in [2.75, 3.05) is 33.6 Å². The molecule has 2 aromatic rings. The van der Waals surface area contributed by atoms with Gasteiger partial charge < -0.3 is 19.1 Å². The van der Waals surface area contributed by atoms with Crippen molar-refractivity contribution < 1.29 is 23.8 Å². The van der Waals surface area contributed by atoms with Gasteiger partial charge in [0.2, 0.25) is 12.7 Å². The van der Waals surface area contributed by atoms with Gasteiger partial charge in [0, 0.05) is 27.0 Å². The molecule has 2 amide bonds. The summed E-state index contributed by atoms with van der Waals surface area (Å²) in [6.45, 7) is 6.40. The van der Waals surface area contributed by atoms with Crippen molar-refractivity contribution in [1.29, 1.82) is 0 Å². The lowest BCUT2D eigenvalue weighted by Gasteiger charge is -2.26. The number of carbonyl (C=O) groups is 2. The highest BCUT2D eigenvalue weighted by atomic mass is 16.7. The number of methoxy groups -OCH3 is 1. The molecule has 0 bridgehead atoms. The van der Waals surface area contributed by atoms with Gasteiger partial charge in [0.05, 0.1) is 18.4 Å². The van der Waals surface area contributed by atoms with Gasteiger partial charge in [0.1, 0.15) is 6.54 Å². The molecule has 0 saturated carbocycles. The average molecular weight is 452 g/mol. The summed E-state index contributed by atoms with van der Waals surface area (Å²) >= 11 is 0. The van der Waals surface area contributed by atoms with E-state index in [1.165, 1.54) is 28.0 Å². The largest absolute Gasteiger partial charge is 0.454 e. The third-order valence-corrected chi connectivity index (χ3v) is 6.12. The Labute approximate surface area is 193 Å². The molecule has 8 nitrogen and oxygen atoms in total. The lowest BCUT2D eigenvalue weighted by molar-refractivity contribution is -0.141. The van der Waals surface area contributed by atoms with Gasteiger partial charge in [-0.25, -0.2) is 5.01 Å². The van der Waals surface area contributed by atoms with Crippen LogP contribution in [-0.2, 0) is 14.3 Å². The number of rotatable bonds is 7. The molecule has 2 aromatic carbocycles. The Balaban J connectivity index is 1.65. The zero-order chi connectivity index (χ0) is 23.5. The number of amides is 2. The summed E-state index contributed by atoms with van der Waals surface area (Å²) in [4.78, 5) is 26.9. The molecule has 2 aliphatic heterocycles. The highest BCUT2D eigenvalue weighted by Gasteiger charge is 2.35. The fourth-order valence-corrected chi connectivity index (χ4v) is 4.00. The van der Waals surface area contributed by atoms with Gasteiger partial charge in [-0.2, -0.15) is 5.10 Å². The Hall–Kier alpha value is -3.39. The second-order valence-electron chi connectivity index (χ2n) is 8.35. The van der Waals surface area contributed by atoms with E-state index in [2.05, 4.69) is 26.0 Å². The highest BCUT2D eigenvalue weighted by Crippen LogP contribution is 2.39. The van der Waals surface area contributed by atoms with Gasteiger partial charge in [-0.05, 0) is 54.3 Å². The second-order valence-corrected chi connectivity index (χ2v) is 8.35. The molecular weight excluding hydrogens is 422 g/mol. The van der Waals surface area contributed by atoms with E-state index in [0.717, 1.165) is 16.8 Å². The van der Waals surface area contributed by atoms with Crippen molar-refractivity contribution in [3.63, 3.8) is 0 Å². The van der Waals surface area contributed by atoms with Gasteiger partial charge in [0.15, 0.2) is 11.5 Å². The molecule has 2 heterocycles. The Morgan fingerprint density at radius 3 is 2.64 bits per heavy atom. The van der Waals surface area contributed by atoms with E-state index in [-0.39, 0.29) is 31.2 Å². The van der Waals surface area contributed by atoms with E-state index in [1.807, 2.05) is 24.3 Å². The summed E-state index contributed by atoms with van der Waals surface area (Å²) in [5, 5.41) is 6.24. The number of ether oxygens (including phenoxy) is 3. The molecule has 0 spiro atoms. The van der Waals surface area contributed by atoms with Crippen molar-refractivity contribution in [2.45, 2.75) is 33.2 Å². The predicted molar refractivity (Wildman–Crippen MR) is 123 cm³/mol. The lowest BCUT2D eigenvalue weighted by atomic mass is 9.96. The zero-order valence-corrected chi connectivity index (χ0v) is 19.5. The van der Waals surface area contributed by atoms with E-state index in [1.54, 1.807) is 7.11 Å². The average Bonchev–Trinajstić information content (AvgIpc) is 3.45. The molecule has 0 aromatic heterocycles. The number of hydrazone groups is 1. The molecule has 0 radical (unpaired) electrons. The smallest absolute Gasteiger partial charge is 0.262 e. The van der Waals surface area contributed by atoms with E-state index in [9.17, 15) is 9.59 Å². The van der Waals surface area contributed by atoms with Gasteiger partial charge in [-0.1, -0.05) is 18.2 Å². The van der Waals surface area contributed by atoms with Crippen LogP contribution in [0.25, 0.3) is 0 Å². The number of aryl methyl sites for hydroxylation is 2. The lowest BCUT2D eigenvalue weighted by Crippen LogP contribution is -2.41. The van der Waals surface area contributed by atoms with Crippen LogP contribution in [0.5, 0.6) is 11.5 Å². The van der Waals surface area contributed by atoms with Gasteiger partial charge in [-0.3, -0.25) is 9.59 Å². The van der Waals surface area contributed by atoms with Crippen molar-refractivity contribution in [2.24, 2.45) is 5.10 Å². The minimum absolute atomic E-state index is 0.0660. The minimum Gasteiger partial charge on any atom is -0.454 e. The molecule has 1 unspecified atom stereocenters. The van der Waals surface area contributed by atoms with Crippen molar-refractivity contribution >= 4 is 17.5 Å². The first-order chi connectivity index (χ1) is 15.9. The molecule has 0 fully saturated rings. The Morgan fingerprint density at radius 1 is 1.12 bits per heavy atom. The van der Waals surface area contributed by atoms with E-state index in [4.69, 9.17) is 19.3 Å². The van der Waals surface area contributed by atoms with Crippen molar-refractivity contribution in [1.82, 2.24) is 9.91 Å². The van der Waals surface area contributed by atoms with Crippen LogP contribution in [0.2, 0.25) is 0 Å². The molecule has 174 valence electrons. The number of benzene rings is 2. The number of hydrogen-bond donors (Lipinski definition) is 0. The normalized spacial score (nSPS) is 16.7. The molecule has 8 heteroatoms. The van der Waals surface area contributed by atoms with Crippen LogP contribution in [0.3, 0.4) is 0 Å². The van der Waals surface area contributed by atoms with Crippen molar-refractivity contribution in [3.05, 3.63) is 58.7 Å². The summed E-state index contributed by atoms with van der Waals surface area (Å²) in [5.74, 6) is 0.914. The Bertz CT molecular complexity index is 1100. The van der Waals surface area contributed by atoms with Gasteiger partial charge >= 0.3 is 0 Å². The third kappa shape index (κ3) is 4.85. The fraction of sp³-hybridized carbons (Fsp3) is 0.400. The fourth-order valence-electron chi connectivity index (χ4n) is 4.00.